The average Bonchev–Trinajstić information content (AvgIpc) is 2.38. The lowest BCUT2D eigenvalue weighted by molar-refractivity contribution is 0.0580. The fourth-order valence-electron chi connectivity index (χ4n) is 1.83. The highest BCUT2D eigenvalue weighted by Crippen LogP contribution is 2.40. The van der Waals surface area contributed by atoms with Gasteiger partial charge in [-0.1, -0.05) is 47.5 Å². The van der Waals surface area contributed by atoms with Crippen molar-refractivity contribution in [3.63, 3.8) is 0 Å². The molecule has 0 saturated carbocycles. The quantitative estimate of drug-likeness (QED) is 0.472. The molecule has 3 nitrogen and oxygen atoms in total. The Bertz CT molecular complexity index is 425. The van der Waals surface area contributed by atoms with Crippen LogP contribution in [0.25, 0.3) is 0 Å². The van der Waals surface area contributed by atoms with Gasteiger partial charge in [-0.15, -0.1) is 6.42 Å². The Morgan fingerprint density at radius 2 is 1.33 bits per heavy atom. The van der Waals surface area contributed by atoms with Crippen LogP contribution in [-0.2, 0) is 8.85 Å². The first-order valence-corrected chi connectivity index (χ1v) is 14.8. The summed E-state index contributed by atoms with van der Waals surface area (Å²) in [5.74, 6) is 2.84. The lowest BCUT2D eigenvalue weighted by atomic mass is 10.1. The van der Waals surface area contributed by atoms with Crippen LogP contribution in [0.2, 0.25) is 36.3 Å². The van der Waals surface area contributed by atoms with Gasteiger partial charge in [-0.2, -0.15) is 0 Å². The maximum absolute atomic E-state index is 9.26. The highest BCUT2D eigenvalue weighted by Gasteiger charge is 2.44. The third-order valence-corrected chi connectivity index (χ3v) is 14.6. The van der Waals surface area contributed by atoms with E-state index < -0.39 is 16.6 Å². The zero-order valence-corrected chi connectivity index (χ0v) is 19.6. The molecule has 0 aromatic rings. The second kappa shape index (κ2) is 8.50. The molecule has 0 bridgehead atoms. The van der Waals surface area contributed by atoms with Crippen molar-refractivity contribution in [1.29, 1.82) is 0 Å². The van der Waals surface area contributed by atoms with E-state index in [9.17, 15) is 5.11 Å². The van der Waals surface area contributed by atoms with Crippen molar-refractivity contribution in [2.75, 3.05) is 6.61 Å². The second-order valence-corrected chi connectivity index (χ2v) is 19.3. The molecule has 2 atom stereocenters. The van der Waals surface area contributed by atoms with E-state index in [2.05, 4.69) is 73.7 Å². The molecule has 0 aromatic carbocycles. The van der Waals surface area contributed by atoms with E-state index in [1.807, 2.05) is 0 Å². The van der Waals surface area contributed by atoms with Gasteiger partial charge in [0.2, 0.25) is 0 Å². The summed E-state index contributed by atoms with van der Waals surface area (Å²) in [4.78, 5) is 0. The lowest BCUT2D eigenvalue weighted by Gasteiger charge is -2.44. The molecule has 5 heteroatoms. The van der Waals surface area contributed by atoms with Gasteiger partial charge in [-0.3, -0.25) is 0 Å². The van der Waals surface area contributed by atoms with Crippen molar-refractivity contribution in [3.8, 4) is 12.3 Å². The summed E-state index contributed by atoms with van der Waals surface area (Å²) in [6, 6.07) is 0. The topological polar surface area (TPSA) is 38.7 Å². The maximum Gasteiger partial charge on any atom is 0.193 e. The molecular formula is C19H40O3Si2. The van der Waals surface area contributed by atoms with Crippen LogP contribution in [0, 0.1) is 12.3 Å². The van der Waals surface area contributed by atoms with Crippen LogP contribution in [-0.4, -0.2) is 40.6 Å². The van der Waals surface area contributed by atoms with Crippen molar-refractivity contribution < 1.29 is 14.0 Å². The lowest BCUT2D eigenvalue weighted by Crippen LogP contribution is -2.51. The Hall–Kier alpha value is -0.126. The molecule has 0 aliphatic carbocycles. The predicted molar refractivity (Wildman–Crippen MR) is 109 cm³/mol. The predicted octanol–water partition coefficient (Wildman–Crippen LogP) is 5.17. The summed E-state index contributed by atoms with van der Waals surface area (Å²) in [5.41, 5.74) is 0. The van der Waals surface area contributed by atoms with Crippen molar-refractivity contribution in [2.45, 2.75) is 103 Å². The Labute approximate surface area is 152 Å². The van der Waals surface area contributed by atoms with E-state index in [1.54, 1.807) is 0 Å². The van der Waals surface area contributed by atoms with Gasteiger partial charge in [0, 0.05) is 6.61 Å². The van der Waals surface area contributed by atoms with E-state index in [4.69, 9.17) is 15.3 Å². The molecule has 24 heavy (non-hydrogen) atoms. The summed E-state index contributed by atoms with van der Waals surface area (Å²) in [5, 5.41) is 9.47. The first-order chi connectivity index (χ1) is 10.6. The van der Waals surface area contributed by atoms with Crippen molar-refractivity contribution in [3.05, 3.63) is 0 Å². The third kappa shape index (κ3) is 6.64. The Morgan fingerprint density at radius 1 is 0.917 bits per heavy atom. The van der Waals surface area contributed by atoms with Crippen LogP contribution >= 0.6 is 0 Å². The number of hydrogen-bond donors (Lipinski definition) is 1. The molecule has 1 N–H and O–H groups in total. The minimum absolute atomic E-state index is 0.0978. The summed E-state index contributed by atoms with van der Waals surface area (Å²) in [7, 11) is -3.94. The second-order valence-electron chi connectivity index (χ2n) is 9.75. The number of terminal acetylenes is 1. The van der Waals surface area contributed by atoms with Crippen LogP contribution in [0.1, 0.15) is 54.4 Å². The van der Waals surface area contributed by atoms with E-state index in [1.165, 1.54) is 0 Å². The number of aliphatic hydroxyl groups excluding tert-OH is 1. The van der Waals surface area contributed by atoms with E-state index >= 15 is 0 Å². The van der Waals surface area contributed by atoms with Crippen LogP contribution in [0.15, 0.2) is 0 Å². The van der Waals surface area contributed by atoms with Crippen LogP contribution in [0.4, 0.5) is 0 Å². The molecule has 0 aliphatic rings. The molecular weight excluding hydrogens is 332 g/mol. The summed E-state index contributed by atoms with van der Waals surface area (Å²) < 4.78 is 13.1. The molecule has 0 radical (unpaired) electrons. The van der Waals surface area contributed by atoms with Crippen LogP contribution < -0.4 is 0 Å². The van der Waals surface area contributed by atoms with Gasteiger partial charge in [-0.05, 0) is 49.1 Å². The normalized spacial score (nSPS) is 16.6. The largest absolute Gasteiger partial charge is 0.410 e. The standard InChI is InChI=1S/C19H40O3Si2/c1-12-16(21-23(8,9)18(2,3)4)17(14-13-15-20)22-24(10,11)19(5,6)7/h1,16-17,20H,13-15H2,2-11H3/t16-,17+/m1/s1. The molecule has 0 spiro atoms. The van der Waals surface area contributed by atoms with E-state index in [0.717, 1.165) is 6.42 Å². The molecule has 0 saturated heterocycles. The number of aliphatic hydroxyl groups is 1. The molecule has 0 fully saturated rings. The van der Waals surface area contributed by atoms with Crippen molar-refractivity contribution >= 4 is 16.6 Å². The average molecular weight is 373 g/mol. The molecule has 0 unspecified atom stereocenters. The van der Waals surface area contributed by atoms with E-state index in [-0.39, 0.29) is 28.9 Å². The van der Waals surface area contributed by atoms with Crippen molar-refractivity contribution in [1.82, 2.24) is 0 Å². The summed E-state index contributed by atoms with van der Waals surface area (Å²) in [6.07, 6.45) is 6.74. The van der Waals surface area contributed by atoms with Gasteiger partial charge in [0.1, 0.15) is 6.10 Å². The molecule has 0 aliphatic heterocycles. The smallest absolute Gasteiger partial charge is 0.193 e. The minimum Gasteiger partial charge on any atom is -0.410 e. The van der Waals surface area contributed by atoms with Crippen molar-refractivity contribution in [2.24, 2.45) is 0 Å². The molecule has 0 aromatic heterocycles. The summed E-state index contributed by atoms with van der Waals surface area (Å²) in [6.45, 7) is 22.4. The molecule has 0 heterocycles. The molecule has 0 rings (SSSR count). The van der Waals surface area contributed by atoms with Gasteiger partial charge in [-0.25, -0.2) is 0 Å². The fraction of sp³-hybridized carbons (Fsp3) is 0.895. The number of rotatable bonds is 8. The van der Waals surface area contributed by atoms with Gasteiger partial charge in [0.15, 0.2) is 16.6 Å². The zero-order chi connectivity index (χ0) is 19.4. The Balaban J connectivity index is 5.44. The first kappa shape index (κ1) is 23.9. The maximum atomic E-state index is 9.26. The van der Waals surface area contributed by atoms with Gasteiger partial charge in [0.25, 0.3) is 0 Å². The van der Waals surface area contributed by atoms with Gasteiger partial charge < -0.3 is 14.0 Å². The van der Waals surface area contributed by atoms with E-state index in [0.29, 0.717) is 6.42 Å². The van der Waals surface area contributed by atoms with Crippen LogP contribution in [0.5, 0.6) is 0 Å². The van der Waals surface area contributed by atoms with Gasteiger partial charge >= 0.3 is 0 Å². The third-order valence-electron chi connectivity index (χ3n) is 5.63. The zero-order valence-electron chi connectivity index (χ0n) is 17.6. The fourth-order valence-corrected chi connectivity index (χ4v) is 4.39. The number of hydrogen-bond acceptors (Lipinski definition) is 3. The SMILES string of the molecule is C#C[C@@H](O[Si](C)(C)C(C)(C)C)[C@H](CCCO)O[Si](C)(C)C(C)(C)C. The Kier molecular flexibility index (Phi) is 8.46. The molecule has 142 valence electrons. The highest BCUT2D eigenvalue weighted by molar-refractivity contribution is 6.74. The monoisotopic (exact) mass is 372 g/mol. The van der Waals surface area contributed by atoms with Crippen LogP contribution in [0.3, 0.4) is 0 Å². The highest BCUT2D eigenvalue weighted by atomic mass is 28.4. The Morgan fingerprint density at radius 3 is 1.67 bits per heavy atom. The summed E-state index contributed by atoms with van der Waals surface area (Å²) >= 11 is 0. The first-order valence-electron chi connectivity index (χ1n) is 9.01. The molecule has 0 amide bonds. The van der Waals surface area contributed by atoms with Gasteiger partial charge in [0.05, 0.1) is 6.10 Å². The minimum atomic E-state index is -1.98.